The van der Waals surface area contributed by atoms with Crippen molar-refractivity contribution >= 4 is 0 Å². The van der Waals surface area contributed by atoms with Gasteiger partial charge >= 0.3 is 0 Å². The van der Waals surface area contributed by atoms with Crippen LogP contribution in [0.1, 0.15) is 93.7 Å². The summed E-state index contributed by atoms with van der Waals surface area (Å²) in [5.41, 5.74) is 5.40. The maximum atomic E-state index is 13.8. The molecule has 0 aromatic heterocycles. The lowest BCUT2D eigenvalue weighted by Gasteiger charge is -2.30. The molecule has 0 amide bonds. The van der Waals surface area contributed by atoms with Crippen LogP contribution in [0.15, 0.2) is 30.3 Å². The van der Waals surface area contributed by atoms with Crippen LogP contribution in [0, 0.1) is 37.3 Å². The van der Waals surface area contributed by atoms with Gasteiger partial charge in [-0.25, -0.2) is 8.78 Å². The molecular formula is C30H40F2O. The standard InChI is InChI=1S/C30H40F2O/c1-20-6-8-23(9-7-20)5-4-16-33-27-13-10-24(11-14-27)26-17-21(2)30(22(3)18-26)25-12-15-28(31)29(32)19-25/h12,15,17-20,23-24,27H,4-11,13-14,16H2,1-3H3. The van der Waals surface area contributed by atoms with Crippen molar-refractivity contribution in [1.29, 1.82) is 0 Å². The Morgan fingerprint density at radius 3 is 2.12 bits per heavy atom. The van der Waals surface area contributed by atoms with Gasteiger partial charge in [0.2, 0.25) is 0 Å². The van der Waals surface area contributed by atoms with Gasteiger partial charge in [-0.2, -0.15) is 0 Å². The Balaban J connectivity index is 1.26. The van der Waals surface area contributed by atoms with Gasteiger partial charge in [0, 0.05) is 6.61 Å². The van der Waals surface area contributed by atoms with Crippen molar-refractivity contribution in [3.8, 4) is 11.1 Å². The van der Waals surface area contributed by atoms with Crippen molar-refractivity contribution in [2.75, 3.05) is 6.61 Å². The smallest absolute Gasteiger partial charge is 0.159 e. The average molecular weight is 455 g/mol. The largest absolute Gasteiger partial charge is 0.378 e. The van der Waals surface area contributed by atoms with E-state index in [0.717, 1.165) is 66.4 Å². The first-order valence-electron chi connectivity index (χ1n) is 13.1. The third-order valence-electron chi connectivity index (χ3n) is 8.15. The van der Waals surface area contributed by atoms with Gasteiger partial charge in [0.05, 0.1) is 6.10 Å². The van der Waals surface area contributed by atoms with Crippen LogP contribution in [-0.2, 0) is 4.74 Å². The monoisotopic (exact) mass is 454 g/mol. The molecule has 2 aromatic carbocycles. The predicted molar refractivity (Wildman–Crippen MR) is 133 cm³/mol. The van der Waals surface area contributed by atoms with Crippen molar-refractivity contribution in [2.24, 2.45) is 11.8 Å². The molecule has 33 heavy (non-hydrogen) atoms. The van der Waals surface area contributed by atoms with Crippen LogP contribution in [0.25, 0.3) is 11.1 Å². The number of benzene rings is 2. The summed E-state index contributed by atoms with van der Waals surface area (Å²) in [7, 11) is 0. The van der Waals surface area contributed by atoms with Crippen LogP contribution in [-0.4, -0.2) is 12.7 Å². The molecule has 0 radical (unpaired) electrons. The molecule has 2 fully saturated rings. The molecule has 0 bridgehead atoms. The van der Waals surface area contributed by atoms with Crippen molar-refractivity contribution in [3.05, 3.63) is 58.7 Å². The second-order valence-electron chi connectivity index (χ2n) is 10.8. The molecule has 0 N–H and O–H groups in total. The molecule has 0 heterocycles. The summed E-state index contributed by atoms with van der Waals surface area (Å²) < 4.78 is 33.4. The topological polar surface area (TPSA) is 9.23 Å². The number of hydrogen-bond acceptors (Lipinski definition) is 1. The highest BCUT2D eigenvalue weighted by molar-refractivity contribution is 5.71. The molecule has 180 valence electrons. The zero-order chi connectivity index (χ0) is 23.4. The molecular weight excluding hydrogens is 414 g/mol. The molecule has 1 nitrogen and oxygen atoms in total. The van der Waals surface area contributed by atoms with Gasteiger partial charge in [0.15, 0.2) is 11.6 Å². The lowest BCUT2D eigenvalue weighted by atomic mass is 9.80. The van der Waals surface area contributed by atoms with E-state index in [9.17, 15) is 8.78 Å². The van der Waals surface area contributed by atoms with E-state index in [1.807, 2.05) is 0 Å². The SMILES string of the molecule is Cc1cc(C2CCC(OCCCC3CCC(C)CC3)CC2)cc(C)c1-c1ccc(F)c(F)c1. The molecule has 2 aliphatic carbocycles. The first kappa shape index (κ1) is 24.4. The molecule has 2 aromatic rings. The molecule has 2 aliphatic rings. The molecule has 0 saturated heterocycles. The highest BCUT2D eigenvalue weighted by Gasteiger charge is 2.24. The van der Waals surface area contributed by atoms with Crippen molar-refractivity contribution in [1.82, 2.24) is 0 Å². The zero-order valence-electron chi connectivity index (χ0n) is 20.6. The minimum Gasteiger partial charge on any atom is -0.378 e. The quantitative estimate of drug-likeness (QED) is 0.380. The Kier molecular flexibility index (Phi) is 8.22. The molecule has 4 rings (SSSR count). The van der Waals surface area contributed by atoms with Gasteiger partial charge in [0.25, 0.3) is 0 Å². The van der Waals surface area contributed by atoms with E-state index in [1.165, 1.54) is 56.2 Å². The summed E-state index contributed by atoms with van der Waals surface area (Å²) in [6, 6.07) is 8.70. The van der Waals surface area contributed by atoms with Gasteiger partial charge in [-0.15, -0.1) is 0 Å². The predicted octanol–water partition coefficient (Wildman–Crippen LogP) is 8.90. The van der Waals surface area contributed by atoms with E-state index in [-0.39, 0.29) is 0 Å². The molecule has 0 aliphatic heterocycles. The van der Waals surface area contributed by atoms with Crippen molar-refractivity contribution in [2.45, 2.75) is 97.0 Å². The third kappa shape index (κ3) is 6.23. The van der Waals surface area contributed by atoms with Crippen LogP contribution in [0.5, 0.6) is 0 Å². The van der Waals surface area contributed by atoms with Crippen LogP contribution in [0.4, 0.5) is 8.78 Å². The highest BCUT2D eigenvalue weighted by Crippen LogP contribution is 2.38. The Morgan fingerprint density at radius 2 is 1.48 bits per heavy atom. The van der Waals surface area contributed by atoms with Crippen LogP contribution in [0.2, 0.25) is 0 Å². The number of ether oxygens (including phenoxy) is 1. The number of rotatable bonds is 7. The lowest BCUT2D eigenvalue weighted by Crippen LogP contribution is -2.22. The van der Waals surface area contributed by atoms with Gasteiger partial charge in [-0.05, 0) is 110 Å². The number of aryl methyl sites for hydroxylation is 2. The van der Waals surface area contributed by atoms with E-state index in [0.29, 0.717) is 12.0 Å². The maximum Gasteiger partial charge on any atom is 0.159 e. The molecule has 0 spiro atoms. The molecule has 0 atom stereocenters. The van der Waals surface area contributed by atoms with Crippen LogP contribution in [0.3, 0.4) is 0 Å². The fourth-order valence-electron chi connectivity index (χ4n) is 6.14. The summed E-state index contributed by atoms with van der Waals surface area (Å²) in [4.78, 5) is 0. The first-order valence-corrected chi connectivity index (χ1v) is 13.1. The second kappa shape index (κ2) is 11.1. The fourth-order valence-corrected chi connectivity index (χ4v) is 6.14. The Bertz CT molecular complexity index is 898. The maximum absolute atomic E-state index is 13.8. The summed E-state index contributed by atoms with van der Waals surface area (Å²) in [6.45, 7) is 7.46. The first-order chi connectivity index (χ1) is 15.9. The highest BCUT2D eigenvalue weighted by atomic mass is 19.2. The molecule has 0 unspecified atom stereocenters. The van der Waals surface area contributed by atoms with E-state index in [1.54, 1.807) is 6.07 Å². The zero-order valence-corrected chi connectivity index (χ0v) is 20.6. The number of hydrogen-bond donors (Lipinski definition) is 0. The summed E-state index contributed by atoms with van der Waals surface area (Å²) >= 11 is 0. The second-order valence-corrected chi connectivity index (χ2v) is 10.8. The minimum atomic E-state index is -0.798. The van der Waals surface area contributed by atoms with E-state index in [2.05, 4.69) is 32.9 Å². The fraction of sp³-hybridized carbons (Fsp3) is 0.600. The minimum absolute atomic E-state index is 0.413. The molecule has 2 saturated carbocycles. The Hall–Kier alpha value is -1.74. The van der Waals surface area contributed by atoms with Gasteiger partial charge in [-0.3, -0.25) is 0 Å². The summed E-state index contributed by atoms with van der Waals surface area (Å²) in [5, 5.41) is 0. The summed E-state index contributed by atoms with van der Waals surface area (Å²) in [5.74, 6) is 0.838. The normalized spacial score (nSPS) is 25.8. The molecule has 3 heteroatoms. The van der Waals surface area contributed by atoms with Gasteiger partial charge in [-0.1, -0.05) is 50.8 Å². The third-order valence-corrected chi connectivity index (χ3v) is 8.15. The van der Waals surface area contributed by atoms with Crippen LogP contribution >= 0.6 is 0 Å². The Labute approximate surface area is 198 Å². The van der Waals surface area contributed by atoms with Gasteiger partial charge < -0.3 is 4.74 Å². The van der Waals surface area contributed by atoms with Crippen LogP contribution < -0.4 is 0 Å². The van der Waals surface area contributed by atoms with E-state index >= 15 is 0 Å². The number of halogens is 2. The summed E-state index contributed by atoms with van der Waals surface area (Å²) in [6.07, 6.45) is 13.2. The lowest BCUT2D eigenvalue weighted by molar-refractivity contribution is 0.0205. The van der Waals surface area contributed by atoms with Crippen molar-refractivity contribution < 1.29 is 13.5 Å². The van der Waals surface area contributed by atoms with Gasteiger partial charge in [0.1, 0.15) is 0 Å². The van der Waals surface area contributed by atoms with E-state index < -0.39 is 11.6 Å². The Morgan fingerprint density at radius 1 is 0.818 bits per heavy atom. The average Bonchev–Trinajstić information content (AvgIpc) is 2.80. The van der Waals surface area contributed by atoms with E-state index in [4.69, 9.17) is 4.74 Å². The van der Waals surface area contributed by atoms with Crippen molar-refractivity contribution in [3.63, 3.8) is 0 Å².